The minimum absolute atomic E-state index is 0.176. The van der Waals surface area contributed by atoms with Crippen LogP contribution in [0.5, 0.6) is 0 Å². The number of nitrogens with zero attached hydrogens (tertiary/aromatic N) is 3. The molecule has 0 aliphatic heterocycles. The highest BCUT2D eigenvalue weighted by Crippen LogP contribution is 2.12. The van der Waals surface area contributed by atoms with Crippen molar-refractivity contribution in [1.29, 1.82) is 0 Å². The molecular formula is C14H15ClN4O. The summed E-state index contributed by atoms with van der Waals surface area (Å²) in [5, 5.41) is 3.53. The van der Waals surface area contributed by atoms with Gasteiger partial charge in [-0.2, -0.15) is 0 Å². The zero-order chi connectivity index (χ0) is 14.5. The lowest BCUT2D eigenvalue weighted by Gasteiger charge is -2.17. The van der Waals surface area contributed by atoms with E-state index in [1.165, 1.54) is 6.20 Å². The number of nitrogens with one attached hydrogen (secondary N) is 1. The molecule has 6 heteroatoms. The van der Waals surface area contributed by atoms with Crippen LogP contribution in [0.4, 0.5) is 5.82 Å². The Morgan fingerprint density at radius 3 is 2.65 bits per heavy atom. The van der Waals surface area contributed by atoms with Gasteiger partial charge in [0.2, 0.25) is 0 Å². The van der Waals surface area contributed by atoms with Gasteiger partial charge in [-0.25, -0.2) is 4.98 Å². The molecule has 1 amide bonds. The highest BCUT2D eigenvalue weighted by Gasteiger charge is 2.14. The van der Waals surface area contributed by atoms with Gasteiger partial charge in [-0.05, 0) is 17.7 Å². The van der Waals surface area contributed by atoms with E-state index >= 15 is 0 Å². The molecule has 0 spiro atoms. The Morgan fingerprint density at radius 2 is 2.00 bits per heavy atom. The van der Waals surface area contributed by atoms with Crippen molar-refractivity contribution in [3.63, 3.8) is 0 Å². The quantitative estimate of drug-likeness (QED) is 0.940. The minimum Gasteiger partial charge on any atom is -0.372 e. The normalized spacial score (nSPS) is 10.2. The molecule has 104 valence electrons. The summed E-state index contributed by atoms with van der Waals surface area (Å²) in [5.41, 5.74) is 1.32. The van der Waals surface area contributed by atoms with Crippen molar-refractivity contribution < 1.29 is 4.79 Å². The van der Waals surface area contributed by atoms with Crippen LogP contribution >= 0.6 is 11.6 Å². The highest BCUT2D eigenvalue weighted by atomic mass is 35.5. The summed E-state index contributed by atoms with van der Waals surface area (Å²) >= 11 is 5.83. The first-order valence-electron chi connectivity index (χ1n) is 6.10. The van der Waals surface area contributed by atoms with Crippen LogP contribution in [-0.2, 0) is 6.54 Å². The van der Waals surface area contributed by atoms with Gasteiger partial charge in [-0.1, -0.05) is 23.7 Å². The fraction of sp³-hybridized carbons (Fsp3) is 0.214. The summed E-state index contributed by atoms with van der Waals surface area (Å²) in [4.78, 5) is 22.0. The lowest BCUT2D eigenvalue weighted by molar-refractivity contribution is 0.0779. The third-order valence-electron chi connectivity index (χ3n) is 2.79. The Morgan fingerprint density at radius 1 is 1.30 bits per heavy atom. The number of aromatic nitrogens is 2. The average Bonchev–Trinajstić information content (AvgIpc) is 2.48. The van der Waals surface area contributed by atoms with Crippen LogP contribution < -0.4 is 5.32 Å². The van der Waals surface area contributed by atoms with E-state index < -0.39 is 0 Å². The van der Waals surface area contributed by atoms with Gasteiger partial charge in [-0.3, -0.25) is 9.78 Å². The standard InChI is InChI=1S/C14H15ClN4O/c1-16-13-8-17-7-12(18-13)14(20)19(2)9-10-3-5-11(15)6-4-10/h3-8H,9H2,1-2H3,(H,16,18). The number of anilines is 1. The maximum absolute atomic E-state index is 12.3. The fourth-order valence-corrected chi connectivity index (χ4v) is 1.85. The molecule has 1 aromatic carbocycles. The van der Waals surface area contributed by atoms with Gasteiger partial charge in [0, 0.05) is 25.7 Å². The topological polar surface area (TPSA) is 58.1 Å². The van der Waals surface area contributed by atoms with Gasteiger partial charge in [-0.15, -0.1) is 0 Å². The second-order valence-corrected chi connectivity index (χ2v) is 4.76. The van der Waals surface area contributed by atoms with Gasteiger partial charge in [0.15, 0.2) is 0 Å². The molecule has 1 N–H and O–H groups in total. The van der Waals surface area contributed by atoms with Crippen molar-refractivity contribution >= 4 is 23.3 Å². The number of carbonyl (C=O) groups excluding carboxylic acids is 1. The average molecular weight is 291 g/mol. The maximum Gasteiger partial charge on any atom is 0.274 e. The van der Waals surface area contributed by atoms with Gasteiger partial charge in [0.1, 0.15) is 11.5 Å². The number of carbonyl (C=O) groups is 1. The molecule has 20 heavy (non-hydrogen) atoms. The summed E-state index contributed by atoms with van der Waals surface area (Å²) in [5.74, 6) is 0.389. The Kier molecular flexibility index (Phi) is 4.53. The fourth-order valence-electron chi connectivity index (χ4n) is 1.72. The Balaban J connectivity index is 2.09. The molecule has 0 bridgehead atoms. The van der Waals surface area contributed by atoms with E-state index in [0.29, 0.717) is 23.1 Å². The molecule has 1 heterocycles. The van der Waals surface area contributed by atoms with Crippen molar-refractivity contribution in [2.45, 2.75) is 6.54 Å². The predicted octanol–water partition coefficient (Wildman–Crippen LogP) is 2.44. The lowest BCUT2D eigenvalue weighted by atomic mass is 10.2. The van der Waals surface area contributed by atoms with Crippen LogP contribution in [0.25, 0.3) is 0 Å². The third kappa shape index (κ3) is 3.45. The molecule has 0 saturated heterocycles. The first-order chi connectivity index (χ1) is 9.60. The van der Waals surface area contributed by atoms with Crippen molar-refractivity contribution in [2.24, 2.45) is 0 Å². The van der Waals surface area contributed by atoms with E-state index in [1.807, 2.05) is 12.1 Å². The molecule has 2 rings (SSSR count). The molecule has 0 aliphatic carbocycles. The van der Waals surface area contributed by atoms with E-state index in [0.717, 1.165) is 5.56 Å². The van der Waals surface area contributed by atoms with Crippen molar-refractivity contribution in [3.8, 4) is 0 Å². The molecule has 0 aliphatic rings. The van der Waals surface area contributed by atoms with E-state index in [4.69, 9.17) is 11.6 Å². The highest BCUT2D eigenvalue weighted by molar-refractivity contribution is 6.30. The zero-order valence-corrected chi connectivity index (χ0v) is 12.1. The number of hydrogen-bond donors (Lipinski definition) is 1. The first kappa shape index (κ1) is 14.3. The SMILES string of the molecule is CNc1cncc(C(=O)N(C)Cc2ccc(Cl)cc2)n1. The smallest absolute Gasteiger partial charge is 0.274 e. The molecule has 0 saturated carbocycles. The van der Waals surface area contributed by atoms with Crippen LogP contribution in [0.3, 0.4) is 0 Å². The van der Waals surface area contributed by atoms with Crippen LogP contribution in [0.15, 0.2) is 36.7 Å². The number of hydrogen-bond acceptors (Lipinski definition) is 4. The number of rotatable bonds is 4. The van der Waals surface area contributed by atoms with E-state index in [2.05, 4.69) is 15.3 Å². The van der Waals surface area contributed by atoms with Gasteiger partial charge in [0.25, 0.3) is 5.91 Å². The molecule has 5 nitrogen and oxygen atoms in total. The molecular weight excluding hydrogens is 276 g/mol. The first-order valence-corrected chi connectivity index (χ1v) is 6.47. The summed E-state index contributed by atoms with van der Waals surface area (Å²) in [6.07, 6.45) is 3.03. The van der Waals surface area contributed by atoms with Crippen molar-refractivity contribution in [1.82, 2.24) is 14.9 Å². The molecule has 2 aromatic rings. The molecule has 0 unspecified atom stereocenters. The maximum atomic E-state index is 12.3. The van der Waals surface area contributed by atoms with E-state index in [9.17, 15) is 4.79 Å². The summed E-state index contributed by atoms with van der Waals surface area (Å²) < 4.78 is 0. The molecule has 0 fully saturated rings. The lowest BCUT2D eigenvalue weighted by Crippen LogP contribution is -2.27. The van der Waals surface area contributed by atoms with Crippen molar-refractivity contribution in [2.75, 3.05) is 19.4 Å². The second-order valence-electron chi connectivity index (χ2n) is 4.33. The van der Waals surface area contributed by atoms with Crippen LogP contribution in [-0.4, -0.2) is 34.9 Å². The van der Waals surface area contributed by atoms with Gasteiger partial charge in [0.05, 0.1) is 12.4 Å². The van der Waals surface area contributed by atoms with E-state index in [1.54, 1.807) is 37.3 Å². The Labute approximate surface area is 122 Å². The van der Waals surface area contributed by atoms with Crippen LogP contribution in [0.2, 0.25) is 5.02 Å². The summed E-state index contributed by atoms with van der Waals surface area (Å²) in [7, 11) is 3.46. The Bertz CT molecular complexity index is 600. The zero-order valence-electron chi connectivity index (χ0n) is 11.3. The second kappa shape index (κ2) is 6.34. The number of amides is 1. The Hall–Kier alpha value is -2.14. The van der Waals surface area contributed by atoms with Crippen molar-refractivity contribution in [3.05, 3.63) is 52.9 Å². The van der Waals surface area contributed by atoms with Crippen LogP contribution in [0.1, 0.15) is 16.1 Å². The summed E-state index contributed by atoms with van der Waals surface area (Å²) in [6, 6.07) is 7.39. The third-order valence-corrected chi connectivity index (χ3v) is 3.04. The molecule has 0 atom stereocenters. The van der Waals surface area contributed by atoms with Crippen LogP contribution in [0, 0.1) is 0 Å². The predicted molar refractivity (Wildman–Crippen MR) is 78.8 cm³/mol. The summed E-state index contributed by atoms with van der Waals surface area (Å²) in [6.45, 7) is 0.488. The van der Waals surface area contributed by atoms with E-state index in [-0.39, 0.29) is 5.91 Å². The largest absolute Gasteiger partial charge is 0.372 e. The minimum atomic E-state index is -0.176. The van der Waals surface area contributed by atoms with Gasteiger partial charge < -0.3 is 10.2 Å². The monoisotopic (exact) mass is 290 g/mol. The molecule has 1 aromatic heterocycles. The molecule has 0 radical (unpaired) electrons. The number of benzene rings is 1. The number of halogens is 1. The van der Waals surface area contributed by atoms with Gasteiger partial charge >= 0.3 is 0 Å².